The van der Waals surface area contributed by atoms with Gasteiger partial charge >= 0.3 is 0 Å². The molecule has 3 rings (SSSR count). The molecule has 27 heavy (non-hydrogen) atoms. The fraction of sp³-hybridized carbons (Fsp3) is 0.211. The first-order valence-electron chi connectivity index (χ1n) is 8.38. The number of hydrogen-bond donors (Lipinski definition) is 2. The number of aliphatic imine (C=N–C) groups is 1. The number of amides is 2. The number of halogens is 1. The van der Waals surface area contributed by atoms with E-state index in [1.54, 1.807) is 24.3 Å². The molecule has 0 unspecified atom stereocenters. The van der Waals surface area contributed by atoms with Crippen LogP contribution in [0.4, 0.5) is 11.4 Å². The van der Waals surface area contributed by atoms with Gasteiger partial charge in [0, 0.05) is 17.1 Å². The minimum absolute atomic E-state index is 0.0469. The highest BCUT2D eigenvalue weighted by molar-refractivity contribution is 8.15. The first-order valence-corrected chi connectivity index (χ1v) is 9.64. The minimum Gasteiger partial charge on any atom is -0.494 e. The number of anilines is 1. The Morgan fingerprint density at radius 2 is 2.07 bits per heavy atom. The van der Waals surface area contributed by atoms with E-state index < -0.39 is 5.25 Å². The van der Waals surface area contributed by atoms with Crippen molar-refractivity contribution in [2.75, 3.05) is 11.9 Å². The summed E-state index contributed by atoms with van der Waals surface area (Å²) in [5.74, 6) is 0.276. The number of nitrogens with one attached hydrogen (secondary N) is 2. The van der Waals surface area contributed by atoms with Crippen LogP contribution in [0.25, 0.3) is 0 Å². The summed E-state index contributed by atoms with van der Waals surface area (Å²) in [4.78, 5) is 28.7. The molecule has 1 fully saturated rings. The number of benzene rings is 2. The lowest BCUT2D eigenvalue weighted by Gasteiger charge is -2.07. The largest absolute Gasteiger partial charge is 0.494 e. The van der Waals surface area contributed by atoms with Crippen molar-refractivity contribution in [3.05, 3.63) is 53.6 Å². The molecule has 0 bridgehead atoms. The standard InChI is InChI=1S/C19H18ClN3O3S/c1-2-26-15-8-6-13(7-9-15)22-19-23-18(25)16(27-19)11-17(24)21-14-5-3-4-12(20)10-14/h3-10,16H,2,11H2,1H3,(H,21,24)(H,22,23,25)/t16-/m0/s1. The number of rotatable bonds is 6. The molecule has 1 heterocycles. The van der Waals surface area contributed by atoms with Crippen LogP contribution in [0.2, 0.25) is 5.02 Å². The zero-order chi connectivity index (χ0) is 19.2. The van der Waals surface area contributed by atoms with Gasteiger partial charge in [-0.05, 0) is 49.4 Å². The fourth-order valence-corrected chi connectivity index (χ4v) is 3.62. The van der Waals surface area contributed by atoms with Gasteiger partial charge < -0.3 is 15.4 Å². The Kier molecular flexibility index (Phi) is 6.36. The van der Waals surface area contributed by atoms with Crippen molar-refractivity contribution >= 4 is 51.7 Å². The summed E-state index contributed by atoms with van der Waals surface area (Å²) >= 11 is 7.14. The van der Waals surface area contributed by atoms with Crippen LogP contribution in [-0.2, 0) is 9.59 Å². The topological polar surface area (TPSA) is 79.8 Å². The molecule has 6 nitrogen and oxygen atoms in total. The summed E-state index contributed by atoms with van der Waals surface area (Å²) in [6.07, 6.45) is 0.0469. The van der Waals surface area contributed by atoms with Crippen molar-refractivity contribution in [3.8, 4) is 5.75 Å². The van der Waals surface area contributed by atoms with Crippen molar-refractivity contribution in [3.63, 3.8) is 0 Å². The minimum atomic E-state index is -0.523. The van der Waals surface area contributed by atoms with Gasteiger partial charge in [0.2, 0.25) is 11.8 Å². The van der Waals surface area contributed by atoms with Gasteiger partial charge in [0.25, 0.3) is 0 Å². The van der Waals surface area contributed by atoms with Crippen LogP contribution in [0.1, 0.15) is 13.3 Å². The van der Waals surface area contributed by atoms with Gasteiger partial charge in [-0.25, -0.2) is 4.99 Å². The van der Waals surface area contributed by atoms with Gasteiger partial charge in [0.15, 0.2) is 5.17 Å². The van der Waals surface area contributed by atoms with E-state index in [4.69, 9.17) is 16.3 Å². The van der Waals surface area contributed by atoms with Crippen LogP contribution >= 0.6 is 23.4 Å². The molecule has 2 amide bonds. The van der Waals surface area contributed by atoms with Gasteiger partial charge in [-0.15, -0.1) is 0 Å². The van der Waals surface area contributed by atoms with Gasteiger partial charge in [0.05, 0.1) is 12.3 Å². The molecular formula is C19H18ClN3O3S. The Balaban J connectivity index is 1.58. The highest BCUT2D eigenvalue weighted by Crippen LogP contribution is 2.26. The first-order chi connectivity index (χ1) is 13.0. The molecule has 1 atom stereocenters. The molecule has 0 spiro atoms. The molecule has 2 aromatic rings. The molecular weight excluding hydrogens is 386 g/mol. The van der Waals surface area contributed by atoms with Crippen LogP contribution in [0.5, 0.6) is 5.75 Å². The van der Waals surface area contributed by atoms with Crippen molar-refractivity contribution in [2.24, 2.45) is 4.99 Å². The number of thioether (sulfide) groups is 1. The highest BCUT2D eigenvalue weighted by atomic mass is 35.5. The molecule has 1 aliphatic rings. The zero-order valence-corrected chi connectivity index (χ0v) is 16.1. The van der Waals surface area contributed by atoms with Crippen molar-refractivity contribution in [2.45, 2.75) is 18.6 Å². The van der Waals surface area contributed by atoms with E-state index in [9.17, 15) is 9.59 Å². The maximum absolute atomic E-state index is 12.2. The Morgan fingerprint density at radius 3 is 2.78 bits per heavy atom. The normalized spacial score (nSPS) is 17.6. The number of carbonyl (C=O) groups excluding carboxylic acids is 2. The Bertz CT molecular complexity index is 871. The molecule has 0 radical (unpaired) electrons. The van der Waals surface area contributed by atoms with Crippen LogP contribution in [0.3, 0.4) is 0 Å². The predicted octanol–water partition coefficient (Wildman–Crippen LogP) is 3.99. The average molecular weight is 404 g/mol. The molecule has 8 heteroatoms. The van der Waals surface area contributed by atoms with E-state index >= 15 is 0 Å². The smallest absolute Gasteiger partial charge is 0.240 e. The van der Waals surface area contributed by atoms with Gasteiger partial charge in [0.1, 0.15) is 11.0 Å². The third-order valence-electron chi connectivity index (χ3n) is 3.63. The molecule has 1 aliphatic heterocycles. The second-order valence-electron chi connectivity index (χ2n) is 5.70. The van der Waals surface area contributed by atoms with Gasteiger partial charge in [-0.2, -0.15) is 0 Å². The van der Waals surface area contributed by atoms with E-state index in [1.165, 1.54) is 11.8 Å². The molecule has 0 saturated carbocycles. The lowest BCUT2D eigenvalue weighted by atomic mass is 10.2. The number of carbonyl (C=O) groups is 2. The van der Waals surface area contributed by atoms with E-state index in [0.29, 0.717) is 28.2 Å². The van der Waals surface area contributed by atoms with E-state index in [-0.39, 0.29) is 18.2 Å². The summed E-state index contributed by atoms with van der Waals surface area (Å²) in [5.41, 5.74) is 1.30. The SMILES string of the molecule is CCOc1ccc(N=C2NC(=O)[C@H](CC(=O)Nc3cccc(Cl)c3)S2)cc1. The summed E-state index contributed by atoms with van der Waals surface area (Å²) in [7, 11) is 0. The number of nitrogens with zero attached hydrogens (tertiary/aromatic N) is 1. The molecule has 2 aromatic carbocycles. The monoisotopic (exact) mass is 403 g/mol. The predicted molar refractivity (Wildman–Crippen MR) is 109 cm³/mol. The quantitative estimate of drug-likeness (QED) is 0.764. The lowest BCUT2D eigenvalue weighted by molar-refractivity contribution is -0.122. The lowest BCUT2D eigenvalue weighted by Crippen LogP contribution is -2.28. The summed E-state index contributed by atoms with van der Waals surface area (Å²) in [5, 5.41) is 5.94. The molecule has 0 aromatic heterocycles. The van der Waals surface area contributed by atoms with Crippen LogP contribution in [0.15, 0.2) is 53.5 Å². The summed E-state index contributed by atoms with van der Waals surface area (Å²) in [6, 6.07) is 14.1. The Morgan fingerprint density at radius 1 is 1.30 bits per heavy atom. The molecule has 1 saturated heterocycles. The fourth-order valence-electron chi connectivity index (χ4n) is 2.44. The van der Waals surface area contributed by atoms with Crippen LogP contribution in [-0.4, -0.2) is 28.8 Å². The maximum atomic E-state index is 12.2. The number of hydrogen-bond acceptors (Lipinski definition) is 5. The van der Waals surface area contributed by atoms with Crippen molar-refractivity contribution in [1.29, 1.82) is 0 Å². The first kappa shape index (κ1) is 19.3. The van der Waals surface area contributed by atoms with Crippen LogP contribution < -0.4 is 15.4 Å². The number of amidine groups is 1. The maximum Gasteiger partial charge on any atom is 0.240 e. The second kappa shape index (κ2) is 8.92. The third kappa shape index (κ3) is 5.48. The summed E-state index contributed by atoms with van der Waals surface area (Å²) < 4.78 is 5.39. The Labute approximate surface area is 166 Å². The van der Waals surface area contributed by atoms with E-state index in [2.05, 4.69) is 15.6 Å². The van der Waals surface area contributed by atoms with E-state index in [1.807, 2.05) is 31.2 Å². The molecule has 2 N–H and O–H groups in total. The van der Waals surface area contributed by atoms with Gasteiger partial charge in [-0.3, -0.25) is 9.59 Å². The Hall–Kier alpha value is -2.51. The third-order valence-corrected chi connectivity index (χ3v) is 4.95. The average Bonchev–Trinajstić information content (AvgIpc) is 2.96. The van der Waals surface area contributed by atoms with E-state index in [0.717, 1.165) is 5.75 Å². The number of ether oxygens (including phenoxy) is 1. The summed E-state index contributed by atoms with van der Waals surface area (Å²) in [6.45, 7) is 2.51. The van der Waals surface area contributed by atoms with Crippen molar-refractivity contribution in [1.82, 2.24) is 5.32 Å². The highest BCUT2D eigenvalue weighted by Gasteiger charge is 2.32. The van der Waals surface area contributed by atoms with Crippen molar-refractivity contribution < 1.29 is 14.3 Å². The second-order valence-corrected chi connectivity index (χ2v) is 7.33. The van der Waals surface area contributed by atoms with Crippen LogP contribution in [0, 0.1) is 0 Å². The molecule has 0 aliphatic carbocycles. The zero-order valence-electron chi connectivity index (χ0n) is 14.6. The van der Waals surface area contributed by atoms with Gasteiger partial charge in [-0.1, -0.05) is 29.4 Å². The molecule has 140 valence electrons.